The number of ether oxygens (including phenoxy) is 1. The zero-order chi connectivity index (χ0) is 24.2. The largest absolute Gasteiger partial charge is 0.507 e. The van der Waals surface area contributed by atoms with Crippen LogP contribution >= 0.6 is 0 Å². The summed E-state index contributed by atoms with van der Waals surface area (Å²) in [6.45, 7) is 1.84. The van der Waals surface area contributed by atoms with E-state index in [1.807, 2.05) is 36.4 Å². The Labute approximate surface area is 196 Å². The number of carbonyl (C=O) groups excluding carboxylic acids is 2. The van der Waals surface area contributed by atoms with Crippen molar-refractivity contribution in [1.29, 1.82) is 0 Å². The summed E-state index contributed by atoms with van der Waals surface area (Å²) >= 11 is 0. The van der Waals surface area contributed by atoms with Crippen LogP contribution in [0.15, 0.2) is 66.7 Å². The molecule has 0 bridgehead atoms. The van der Waals surface area contributed by atoms with Gasteiger partial charge in [-0.05, 0) is 47.4 Å². The normalized spacial score (nSPS) is 12.9. The predicted molar refractivity (Wildman–Crippen MR) is 126 cm³/mol. The van der Waals surface area contributed by atoms with Gasteiger partial charge < -0.3 is 25.6 Å². The van der Waals surface area contributed by atoms with E-state index in [4.69, 9.17) is 9.84 Å². The topological polar surface area (TPSA) is 125 Å². The molecule has 0 fully saturated rings. The van der Waals surface area contributed by atoms with Gasteiger partial charge in [0.2, 0.25) is 5.91 Å². The number of hydrogen-bond donors (Lipinski definition) is 4. The van der Waals surface area contributed by atoms with Crippen LogP contribution < -0.4 is 10.6 Å². The second-order valence-electron chi connectivity index (χ2n) is 8.16. The van der Waals surface area contributed by atoms with Gasteiger partial charge in [0.15, 0.2) is 0 Å². The van der Waals surface area contributed by atoms with Crippen LogP contribution in [0, 0.1) is 0 Å². The molecule has 1 unspecified atom stereocenters. The monoisotopic (exact) mass is 460 g/mol. The summed E-state index contributed by atoms with van der Waals surface area (Å²) in [6.07, 6.45) is -0.673. The quantitative estimate of drug-likeness (QED) is 0.389. The molecule has 4 rings (SSSR count). The van der Waals surface area contributed by atoms with Crippen LogP contribution in [0.4, 0.5) is 10.5 Å². The summed E-state index contributed by atoms with van der Waals surface area (Å²) in [5.41, 5.74) is 4.41. The summed E-state index contributed by atoms with van der Waals surface area (Å²) < 4.78 is 5.49. The lowest BCUT2D eigenvalue weighted by Crippen LogP contribution is -2.36. The highest BCUT2D eigenvalue weighted by Gasteiger charge is 2.29. The van der Waals surface area contributed by atoms with Gasteiger partial charge in [0.25, 0.3) is 0 Å². The maximum atomic E-state index is 12.4. The van der Waals surface area contributed by atoms with E-state index in [0.29, 0.717) is 0 Å². The highest BCUT2D eigenvalue weighted by Crippen LogP contribution is 2.44. The summed E-state index contributed by atoms with van der Waals surface area (Å²) in [6, 6.07) is 19.3. The van der Waals surface area contributed by atoms with Crippen molar-refractivity contribution in [1.82, 2.24) is 5.32 Å². The zero-order valence-electron chi connectivity index (χ0n) is 18.4. The maximum Gasteiger partial charge on any atom is 0.407 e. The summed E-state index contributed by atoms with van der Waals surface area (Å²) in [5, 5.41) is 23.9. The lowest BCUT2D eigenvalue weighted by Gasteiger charge is -2.17. The van der Waals surface area contributed by atoms with E-state index in [1.165, 1.54) is 18.2 Å². The maximum absolute atomic E-state index is 12.4. The van der Waals surface area contributed by atoms with Crippen LogP contribution in [-0.4, -0.2) is 40.8 Å². The van der Waals surface area contributed by atoms with E-state index >= 15 is 0 Å². The molecule has 34 heavy (non-hydrogen) atoms. The average Bonchev–Trinajstić information content (AvgIpc) is 3.12. The number of phenols is 1. The third kappa shape index (κ3) is 4.85. The number of anilines is 1. The Balaban J connectivity index is 1.30. The Morgan fingerprint density at radius 1 is 0.971 bits per heavy atom. The fourth-order valence-electron chi connectivity index (χ4n) is 4.17. The van der Waals surface area contributed by atoms with Gasteiger partial charge in [-0.3, -0.25) is 4.79 Å². The number of hydrogen-bond acceptors (Lipinski definition) is 5. The van der Waals surface area contributed by atoms with Crippen LogP contribution in [0.3, 0.4) is 0 Å². The van der Waals surface area contributed by atoms with Gasteiger partial charge in [-0.1, -0.05) is 48.5 Å². The Kier molecular flexibility index (Phi) is 6.49. The third-order valence-corrected chi connectivity index (χ3v) is 5.71. The number of nitrogens with one attached hydrogen (secondary N) is 2. The minimum absolute atomic E-state index is 0.0481. The summed E-state index contributed by atoms with van der Waals surface area (Å²) in [4.78, 5) is 35.8. The van der Waals surface area contributed by atoms with E-state index in [9.17, 15) is 19.5 Å². The first kappa shape index (κ1) is 22.8. The van der Waals surface area contributed by atoms with Crippen molar-refractivity contribution < 1.29 is 29.3 Å². The number of carbonyl (C=O) groups is 3. The molecule has 0 heterocycles. The van der Waals surface area contributed by atoms with Crippen LogP contribution in [0.25, 0.3) is 11.1 Å². The first-order valence-corrected chi connectivity index (χ1v) is 10.8. The van der Waals surface area contributed by atoms with Crippen molar-refractivity contribution in [3.8, 4) is 16.9 Å². The Hall–Kier alpha value is -4.33. The van der Waals surface area contributed by atoms with E-state index in [-0.39, 0.29) is 30.2 Å². The van der Waals surface area contributed by atoms with Crippen LogP contribution in [0.2, 0.25) is 0 Å². The number of benzene rings is 3. The zero-order valence-corrected chi connectivity index (χ0v) is 18.4. The number of alkyl carbamates (subject to hydrolysis) is 1. The van der Waals surface area contributed by atoms with Crippen molar-refractivity contribution in [3.05, 3.63) is 83.4 Å². The van der Waals surface area contributed by atoms with Crippen LogP contribution in [0.5, 0.6) is 5.75 Å². The molecule has 0 aromatic heterocycles. The lowest BCUT2D eigenvalue weighted by atomic mass is 9.98. The highest BCUT2D eigenvalue weighted by molar-refractivity contribution is 5.95. The first-order valence-electron chi connectivity index (χ1n) is 10.8. The number of aromatic carboxylic acids is 1. The minimum atomic E-state index is -1.31. The van der Waals surface area contributed by atoms with E-state index in [1.54, 1.807) is 6.92 Å². The molecule has 174 valence electrons. The number of aromatic hydroxyl groups is 1. The fourth-order valence-corrected chi connectivity index (χ4v) is 4.17. The highest BCUT2D eigenvalue weighted by atomic mass is 16.5. The van der Waals surface area contributed by atoms with Crippen molar-refractivity contribution in [2.45, 2.75) is 25.3 Å². The number of fused-ring (bicyclic) bond motifs is 3. The summed E-state index contributed by atoms with van der Waals surface area (Å²) in [7, 11) is 0. The van der Waals surface area contributed by atoms with Gasteiger partial charge in [0.1, 0.15) is 17.9 Å². The molecular weight excluding hydrogens is 436 g/mol. The molecule has 1 atom stereocenters. The smallest absolute Gasteiger partial charge is 0.407 e. The molecule has 0 radical (unpaired) electrons. The van der Waals surface area contributed by atoms with Gasteiger partial charge in [-0.25, -0.2) is 9.59 Å². The predicted octanol–water partition coefficient (Wildman–Crippen LogP) is 4.35. The minimum Gasteiger partial charge on any atom is -0.507 e. The second kappa shape index (κ2) is 9.66. The average molecular weight is 460 g/mol. The lowest BCUT2D eigenvalue weighted by molar-refractivity contribution is -0.116. The molecule has 3 aromatic carbocycles. The fraction of sp³-hybridized carbons (Fsp3) is 0.192. The molecule has 8 heteroatoms. The molecule has 2 amide bonds. The van der Waals surface area contributed by atoms with Gasteiger partial charge in [0, 0.05) is 24.1 Å². The summed E-state index contributed by atoms with van der Waals surface area (Å²) in [5.74, 6) is -2.18. The van der Waals surface area contributed by atoms with Gasteiger partial charge in [-0.15, -0.1) is 0 Å². The SMILES string of the molecule is CC(CC(=O)Nc1ccc(O)c(C(=O)O)c1)NC(=O)OCC1c2ccccc2-c2ccccc21. The number of rotatable bonds is 7. The van der Waals surface area contributed by atoms with E-state index in [2.05, 4.69) is 22.8 Å². The van der Waals surface area contributed by atoms with Gasteiger partial charge >= 0.3 is 12.1 Å². The molecule has 0 saturated carbocycles. The molecule has 1 aliphatic rings. The molecule has 0 spiro atoms. The molecule has 4 N–H and O–H groups in total. The van der Waals surface area contributed by atoms with Crippen molar-refractivity contribution in [2.24, 2.45) is 0 Å². The van der Waals surface area contributed by atoms with E-state index in [0.717, 1.165) is 22.3 Å². The molecule has 0 aliphatic heterocycles. The number of carboxylic acids is 1. The van der Waals surface area contributed by atoms with Gasteiger partial charge in [0.05, 0.1) is 0 Å². The standard InChI is InChI=1S/C26H24N2O6/c1-15(12-24(30)28-16-10-11-23(29)21(13-16)25(31)32)27-26(33)34-14-22-19-8-4-2-6-17(19)18-7-3-5-9-20(18)22/h2-11,13,15,22,29H,12,14H2,1H3,(H,27,33)(H,28,30)(H,31,32). The van der Waals surface area contributed by atoms with E-state index < -0.39 is 29.8 Å². The Morgan fingerprint density at radius 3 is 2.21 bits per heavy atom. The van der Waals surface area contributed by atoms with Crippen molar-refractivity contribution in [3.63, 3.8) is 0 Å². The van der Waals surface area contributed by atoms with Gasteiger partial charge in [-0.2, -0.15) is 0 Å². The molecule has 8 nitrogen and oxygen atoms in total. The third-order valence-electron chi connectivity index (χ3n) is 5.71. The number of carboxylic acid groups (broad SMARTS) is 1. The molecular formula is C26H24N2O6. The van der Waals surface area contributed by atoms with Crippen molar-refractivity contribution >= 4 is 23.7 Å². The number of amides is 2. The first-order chi connectivity index (χ1) is 16.3. The van der Waals surface area contributed by atoms with Crippen molar-refractivity contribution in [2.75, 3.05) is 11.9 Å². The van der Waals surface area contributed by atoms with Crippen LogP contribution in [-0.2, 0) is 9.53 Å². The molecule has 1 aliphatic carbocycles. The molecule has 3 aromatic rings. The molecule has 0 saturated heterocycles. The Bertz CT molecular complexity index is 1210. The Morgan fingerprint density at radius 2 is 1.59 bits per heavy atom. The van der Waals surface area contributed by atoms with Crippen LogP contribution in [0.1, 0.15) is 40.7 Å². The second-order valence-corrected chi connectivity index (χ2v) is 8.16.